The van der Waals surface area contributed by atoms with Crippen molar-refractivity contribution in [3.8, 4) is 5.88 Å². The number of benzene rings is 1. The minimum atomic E-state index is -4.39. The van der Waals surface area contributed by atoms with Crippen LogP contribution in [0.1, 0.15) is 22.8 Å². The molecule has 3 nitrogen and oxygen atoms in total. The number of hydrogen-bond donors (Lipinski definition) is 1. The summed E-state index contributed by atoms with van der Waals surface area (Å²) in [6.07, 6.45) is -3.99. The van der Waals surface area contributed by atoms with Gasteiger partial charge >= 0.3 is 6.18 Å². The third kappa shape index (κ3) is 2.91. The van der Waals surface area contributed by atoms with Crippen molar-refractivity contribution in [2.75, 3.05) is 7.11 Å². The maximum Gasteiger partial charge on any atom is 0.416 e. The molecular formula is C14H12F3NO2. The van der Waals surface area contributed by atoms with E-state index in [2.05, 4.69) is 4.98 Å². The summed E-state index contributed by atoms with van der Waals surface area (Å²) in [4.78, 5) is 3.94. The number of halogens is 3. The van der Waals surface area contributed by atoms with Gasteiger partial charge in [0, 0.05) is 11.8 Å². The van der Waals surface area contributed by atoms with Crippen LogP contribution in [0.4, 0.5) is 13.2 Å². The largest absolute Gasteiger partial charge is 0.481 e. The van der Waals surface area contributed by atoms with Crippen molar-refractivity contribution in [1.82, 2.24) is 4.98 Å². The summed E-state index contributed by atoms with van der Waals surface area (Å²) in [6.45, 7) is 0. The molecule has 0 amide bonds. The minimum Gasteiger partial charge on any atom is -0.481 e. The number of aliphatic hydroxyl groups is 1. The van der Waals surface area contributed by atoms with Crippen LogP contribution in [0.2, 0.25) is 0 Å². The minimum absolute atomic E-state index is 0.236. The van der Waals surface area contributed by atoms with E-state index in [9.17, 15) is 18.3 Å². The molecule has 6 heteroatoms. The SMILES string of the molecule is COc1ncccc1C(O)c1ccc(C(F)(F)F)cc1. The Morgan fingerprint density at radius 2 is 1.80 bits per heavy atom. The van der Waals surface area contributed by atoms with Crippen LogP contribution in [-0.2, 0) is 6.18 Å². The summed E-state index contributed by atoms with van der Waals surface area (Å²) in [5.41, 5.74) is -0.0225. The lowest BCUT2D eigenvalue weighted by atomic mass is 10.0. The maximum atomic E-state index is 12.5. The Morgan fingerprint density at radius 1 is 1.15 bits per heavy atom. The molecule has 0 aliphatic carbocycles. The first-order valence-corrected chi connectivity index (χ1v) is 5.77. The third-order valence-electron chi connectivity index (χ3n) is 2.84. The third-order valence-corrected chi connectivity index (χ3v) is 2.84. The molecule has 0 radical (unpaired) electrons. The van der Waals surface area contributed by atoms with Crippen molar-refractivity contribution in [2.45, 2.75) is 12.3 Å². The summed E-state index contributed by atoms with van der Waals surface area (Å²) < 4.78 is 42.4. The maximum absolute atomic E-state index is 12.5. The van der Waals surface area contributed by atoms with Crippen LogP contribution in [0.5, 0.6) is 5.88 Å². The van der Waals surface area contributed by atoms with Crippen LogP contribution in [0.25, 0.3) is 0 Å². The van der Waals surface area contributed by atoms with E-state index in [0.29, 0.717) is 11.1 Å². The molecule has 2 aromatic rings. The number of aromatic nitrogens is 1. The average molecular weight is 283 g/mol. The van der Waals surface area contributed by atoms with E-state index in [1.165, 1.54) is 25.4 Å². The lowest BCUT2D eigenvalue weighted by molar-refractivity contribution is -0.137. The Hall–Kier alpha value is -2.08. The first kappa shape index (κ1) is 14.3. The molecule has 1 N–H and O–H groups in total. The van der Waals surface area contributed by atoms with Crippen molar-refractivity contribution >= 4 is 0 Å². The molecule has 0 spiro atoms. The van der Waals surface area contributed by atoms with Gasteiger partial charge in [-0.05, 0) is 29.8 Å². The summed E-state index contributed by atoms with van der Waals surface area (Å²) in [6, 6.07) is 7.56. The molecule has 0 fully saturated rings. The van der Waals surface area contributed by atoms with Gasteiger partial charge in [0.15, 0.2) is 0 Å². The molecule has 0 saturated heterocycles. The van der Waals surface area contributed by atoms with Crippen molar-refractivity contribution in [1.29, 1.82) is 0 Å². The number of rotatable bonds is 3. The van der Waals surface area contributed by atoms with Gasteiger partial charge in [0.05, 0.1) is 12.7 Å². The molecule has 0 aliphatic rings. The van der Waals surface area contributed by atoms with Gasteiger partial charge in [-0.1, -0.05) is 12.1 Å². The quantitative estimate of drug-likeness (QED) is 0.940. The number of ether oxygens (including phenoxy) is 1. The number of alkyl halides is 3. The van der Waals surface area contributed by atoms with Crippen LogP contribution in [0, 0.1) is 0 Å². The number of pyridine rings is 1. The highest BCUT2D eigenvalue weighted by molar-refractivity contribution is 5.37. The zero-order valence-corrected chi connectivity index (χ0v) is 10.6. The molecule has 2 rings (SSSR count). The molecule has 0 aliphatic heterocycles. The highest BCUT2D eigenvalue weighted by atomic mass is 19.4. The van der Waals surface area contributed by atoms with Crippen LogP contribution in [-0.4, -0.2) is 17.2 Å². The van der Waals surface area contributed by atoms with Crippen LogP contribution in [0.3, 0.4) is 0 Å². The molecule has 0 bridgehead atoms. The van der Waals surface area contributed by atoms with Gasteiger partial charge in [-0.15, -0.1) is 0 Å². The number of nitrogens with zero attached hydrogens (tertiary/aromatic N) is 1. The average Bonchev–Trinajstić information content (AvgIpc) is 2.45. The van der Waals surface area contributed by atoms with Gasteiger partial charge in [-0.25, -0.2) is 4.98 Å². The van der Waals surface area contributed by atoms with Crippen LogP contribution >= 0.6 is 0 Å². The molecule has 106 valence electrons. The van der Waals surface area contributed by atoms with Crippen molar-refractivity contribution in [3.05, 3.63) is 59.3 Å². The van der Waals surface area contributed by atoms with Gasteiger partial charge < -0.3 is 9.84 Å². The molecule has 1 aromatic heterocycles. The molecule has 0 saturated carbocycles. The normalized spacial score (nSPS) is 13.1. The highest BCUT2D eigenvalue weighted by Gasteiger charge is 2.30. The Kier molecular flexibility index (Phi) is 3.94. The predicted molar refractivity (Wildman–Crippen MR) is 66.3 cm³/mol. The smallest absolute Gasteiger partial charge is 0.416 e. The summed E-state index contributed by atoms with van der Waals surface area (Å²) in [5, 5.41) is 10.2. The van der Waals surface area contributed by atoms with E-state index >= 15 is 0 Å². The Balaban J connectivity index is 2.32. The Bertz CT molecular complexity index is 582. The topological polar surface area (TPSA) is 42.4 Å². The molecule has 1 atom stereocenters. The Morgan fingerprint density at radius 3 is 2.35 bits per heavy atom. The molecule has 1 heterocycles. The zero-order chi connectivity index (χ0) is 14.8. The standard InChI is InChI=1S/C14H12F3NO2/c1-20-13-11(3-2-8-18-13)12(19)9-4-6-10(7-5-9)14(15,16)17/h2-8,12,19H,1H3. The van der Waals surface area contributed by atoms with Crippen molar-refractivity contribution in [3.63, 3.8) is 0 Å². The van der Waals surface area contributed by atoms with E-state index in [4.69, 9.17) is 4.74 Å². The van der Waals surface area contributed by atoms with Gasteiger partial charge in [0.1, 0.15) is 6.10 Å². The summed E-state index contributed by atoms with van der Waals surface area (Å²) in [5.74, 6) is 0.236. The first-order chi connectivity index (χ1) is 9.43. The molecule has 1 aromatic carbocycles. The fourth-order valence-corrected chi connectivity index (χ4v) is 1.82. The fraction of sp³-hybridized carbons (Fsp3) is 0.214. The second-order valence-electron chi connectivity index (χ2n) is 4.12. The molecule has 1 unspecified atom stereocenters. The second-order valence-corrected chi connectivity index (χ2v) is 4.12. The van der Waals surface area contributed by atoms with Crippen molar-refractivity contribution < 1.29 is 23.0 Å². The van der Waals surface area contributed by atoms with Gasteiger partial charge in [-0.2, -0.15) is 13.2 Å². The van der Waals surface area contributed by atoms with E-state index in [1.54, 1.807) is 12.1 Å². The zero-order valence-electron chi connectivity index (χ0n) is 10.6. The van der Waals surface area contributed by atoms with Gasteiger partial charge in [-0.3, -0.25) is 0 Å². The van der Waals surface area contributed by atoms with Crippen LogP contribution in [0.15, 0.2) is 42.6 Å². The lowest BCUT2D eigenvalue weighted by Crippen LogP contribution is -2.07. The van der Waals surface area contributed by atoms with E-state index in [-0.39, 0.29) is 5.88 Å². The van der Waals surface area contributed by atoms with E-state index in [0.717, 1.165) is 12.1 Å². The monoisotopic (exact) mass is 283 g/mol. The Labute approximate surface area is 113 Å². The highest BCUT2D eigenvalue weighted by Crippen LogP contribution is 2.32. The fourth-order valence-electron chi connectivity index (χ4n) is 1.82. The van der Waals surface area contributed by atoms with Crippen molar-refractivity contribution in [2.24, 2.45) is 0 Å². The first-order valence-electron chi connectivity index (χ1n) is 5.77. The molecule has 20 heavy (non-hydrogen) atoms. The van der Waals surface area contributed by atoms with Gasteiger partial charge in [0.2, 0.25) is 5.88 Å². The van der Waals surface area contributed by atoms with E-state index < -0.39 is 17.8 Å². The van der Waals surface area contributed by atoms with E-state index in [1.807, 2.05) is 0 Å². The molecular weight excluding hydrogens is 271 g/mol. The number of methoxy groups -OCH3 is 1. The lowest BCUT2D eigenvalue weighted by Gasteiger charge is -2.15. The van der Waals surface area contributed by atoms with Crippen LogP contribution < -0.4 is 4.74 Å². The summed E-state index contributed by atoms with van der Waals surface area (Å²) in [7, 11) is 1.41. The second kappa shape index (κ2) is 5.50. The number of aliphatic hydroxyl groups excluding tert-OH is 1. The number of hydrogen-bond acceptors (Lipinski definition) is 3. The predicted octanol–water partition coefficient (Wildman–Crippen LogP) is 3.19. The van der Waals surface area contributed by atoms with Gasteiger partial charge in [0.25, 0.3) is 0 Å². The summed E-state index contributed by atoms with van der Waals surface area (Å²) >= 11 is 0.